The maximum atomic E-state index is 10.3. The van der Waals surface area contributed by atoms with Crippen molar-refractivity contribution < 1.29 is 9.76 Å². The van der Waals surface area contributed by atoms with Gasteiger partial charge < -0.3 is 9.76 Å². The van der Waals surface area contributed by atoms with Gasteiger partial charge in [-0.05, 0) is 62.1 Å². The molecule has 0 saturated heterocycles. The molecule has 1 aromatic heterocycles. The summed E-state index contributed by atoms with van der Waals surface area (Å²) in [5.41, 5.74) is -0.893. The molecule has 0 unspecified atom stereocenters. The number of hydrogen-bond acceptors (Lipinski definition) is 3. The summed E-state index contributed by atoms with van der Waals surface area (Å²) in [6.07, 6.45) is 0. The van der Waals surface area contributed by atoms with Gasteiger partial charge in [-0.15, -0.1) is 11.3 Å². The Hall–Kier alpha value is -1.59. The van der Waals surface area contributed by atoms with Crippen LogP contribution in [0.5, 0.6) is 0 Å². The zero-order valence-electron chi connectivity index (χ0n) is 15.8. The van der Waals surface area contributed by atoms with Gasteiger partial charge in [0, 0.05) is 25.2 Å². The minimum Gasteiger partial charge on any atom is -0.427 e. The van der Waals surface area contributed by atoms with Crippen LogP contribution in [0.15, 0.2) is 48.5 Å². The third kappa shape index (κ3) is 3.25. The Morgan fingerprint density at radius 3 is 2.44 bits per heavy atom. The van der Waals surface area contributed by atoms with Crippen LogP contribution in [-0.4, -0.2) is 23.8 Å². The van der Waals surface area contributed by atoms with E-state index in [1.54, 1.807) is 32.7 Å². The molecular weight excluding hydrogens is 375 g/mol. The molecule has 1 N–H and O–H groups in total. The molecule has 4 rings (SSSR count). The maximum absolute atomic E-state index is 10.3. The highest BCUT2D eigenvalue weighted by Gasteiger charge is 2.35. The number of thiophene rings is 1. The summed E-state index contributed by atoms with van der Waals surface area (Å²) in [5, 5.41) is 15.8. The van der Waals surface area contributed by atoms with E-state index in [-0.39, 0.29) is 0 Å². The van der Waals surface area contributed by atoms with Crippen molar-refractivity contribution in [3.05, 3.63) is 53.6 Å². The molecule has 0 aliphatic rings. The number of halogens is 1. The molecule has 0 bridgehead atoms. The Bertz CT molecular complexity index is 1160. The van der Waals surface area contributed by atoms with Crippen molar-refractivity contribution in [2.45, 2.75) is 38.9 Å². The number of benzene rings is 3. The summed E-state index contributed by atoms with van der Waals surface area (Å²) in [5.74, 6) is 0. The fraction of sp³-hybridized carbons (Fsp3) is 0.273. The van der Waals surface area contributed by atoms with Gasteiger partial charge in [-0.2, -0.15) is 0 Å². The first-order chi connectivity index (χ1) is 12.7. The molecule has 0 spiro atoms. The van der Waals surface area contributed by atoms with Crippen LogP contribution in [-0.2, 0) is 4.65 Å². The molecule has 3 aromatic carbocycles. The molecule has 0 saturated carbocycles. The average molecular weight is 396 g/mol. The molecular formula is C22H21BClO2S. The van der Waals surface area contributed by atoms with Gasteiger partial charge in [0.15, 0.2) is 0 Å². The highest BCUT2D eigenvalue weighted by atomic mass is 35.5. The SMILES string of the molecule is CC(C)(O)C(C)(C)O[B]c1cc2sc3ccc4ccccc4c3c2cc1Cl. The zero-order chi connectivity index (χ0) is 19.4. The zero-order valence-corrected chi connectivity index (χ0v) is 17.4. The van der Waals surface area contributed by atoms with Gasteiger partial charge in [0.2, 0.25) is 0 Å². The topological polar surface area (TPSA) is 29.5 Å². The third-order valence-corrected chi connectivity index (χ3v) is 6.88. The van der Waals surface area contributed by atoms with Crippen molar-refractivity contribution >= 4 is 66.8 Å². The highest BCUT2D eigenvalue weighted by Crippen LogP contribution is 2.39. The summed E-state index contributed by atoms with van der Waals surface area (Å²) in [6, 6.07) is 16.9. The van der Waals surface area contributed by atoms with E-state index in [0.717, 1.165) is 10.8 Å². The van der Waals surface area contributed by atoms with Crippen LogP contribution in [0.3, 0.4) is 0 Å². The molecule has 2 nitrogen and oxygen atoms in total. The van der Waals surface area contributed by atoms with Crippen LogP contribution in [0.2, 0.25) is 5.02 Å². The lowest BCUT2D eigenvalue weighted by Crippen LogP contribution is -2.49. The first-order valence-corrected chi connectivity index (χ1v) is 10.1. The van der Waals surface area contributed by atoms with Crippen LogP contribution in [0.25, 0.3) is 30.9 Å². The van der Waals surface area contributed by atoms with Crippen molar-refractivity contribution in [3.8, 4) is 0 Å². The first kappa shape index (κ1) is 18.8. The van der Waals surface area contributed by atoms with Gasteiger partial charge in [0.05, 0.1) is 11.2 Å². The van der Waals surface area contributed by atoms with E-state index < -0.39 is 11.2 Å². The largest absolute Gasteiger partial charge is 0.427 e. The lowest BCUT2D eigenvalue weighted by Gasteiger charge is -2.37. The second kappa shape index (κ2) is 6.49. The maximum Gasteiger partial charge on any atom is 0.332 e. The number of fused-ring (bicyclic) bond motifs is 5. The molecule has 0 aliphatic carbocycles. The van der Waals surface area contributed by atoms with Crippen molar-refractivity contribution in [2.24, 2.45) is 0 Å². The smallest absolute Gasteiger partial charge is 0.332 e. The molecule has 1 heterocycles. The van der Waals surface area contributed by atoms with Crippen LogP contribution in [0, 0.1) is 0 Å². The van der Waals surface area contributed by atoms with Crippen LogP contribution < -0.4 is 5.46 Å². The van der Waals surface area contributed by atoms with Gasteiger partial charge in [0.1, 0.15) is 0 Å². The van der Waals surface area contributed by atoms with Gasteiger partial charge in [0.25, 0.3) is 0 Å². The van der Waals surface area contributed by atoms with E-state index >= 15 is 0 Å². The van der Waals surface area contributed by atoms with E-state index in [9.17, 15) is 5.11 Å². The Kier molecular flexibility index (Phi) is 4.51. The summed E-state index contributed by atoms with van der Waals surface area (Å²) < 4.78 is 8.31. The van der Waals surface area contributed by atoms with Crippen LogP contribution in [0.1, 0.15) is 27.7 Å². The molecule has 1 radical (unpaired) electrons. The van der Waals surface area contributed by atoms with Crippen molar-refractivity contribution in [2.75, 3.05) is 0 Å². The number of hydrogen-bond donors (Lipinski definition) is 1. The standard InChI is InChI=1S/C22H21BClO2S/c1-21(2,25)22(3,4)26-23-16-12-19-15(11-17(16)24)20-14-8-6-5-7-13(14)9-10-18(20)27-19/h5-12,25H,1-4H3. The fourth-order valence-corrected chi connectivity index (χ4v) is 4.39. The number of rotatable bonds is 4. The van der Waals surface area contributed by atoms with E-state index in [1.807, 2.05) is 19.9 Å². The normalized spacial score (nSPS) is 13.0. The monoisotopic (exact) mass is 395 g/mol. The second-order valence-corrected chi connectivity index (χ2v) is 9.43. The molecule has 27 heavy (non-hydrogen) atoms. The molecule has 0 aliphatic heterocycles. The van der Waals surface area contributed by atoms with Crippen LogP contribution >= 0.6 is 22.9 Å². The Morgan fingerprint density at radius 1 is 0.963 bits per heavy atom. The first-order valence-electron chi connectivity index (χ1n) is 8.94. The Labute approximate surface area is 169 Å². The molecule has 137 valence electrons. The quantitative estimate of drug-likeness (QED) is 0.451. The molecule has 0 atom stereocenters. The fourth-order valence-electron chi connectivity index (χ4n) is 3.03. The van der Waals surface area contributed by atoms with E-state index in [4.69, 9.17) is 16.3 Å². The predicted molar refractivity (Wildman–Crippen MR) is 119 cm³/mol. The van der Waals surface area contributed by atoms with Crippen molar-refractivity contribution in [3.63, 3.8) is 0 Å². The molecule has 5 heteroatoms. The van der Waals surface area contributed by atoms with Crippen LogP contribution in [0.4, 0.5) is 0 Å². The molecule has 0 fully saturated rings. The van der Waals surface area contributed by atoms with Gasteiger partial charge >= 0.3 is 7.48 Å². The minimum absolute atomic E-state index is 0.640. The molecule has 4 aromatic rings. The van der Waals surface area contributed by atoms with Gasteiger partial charge in [-0.1, -0.05) is 41.9 Å². The van der Waals surface area contributed by atoms with Crippen molar-refractivity contribution in [1.29, 1.82) is 0 Å². The van der Waals surface area contributed by atoms with Crippen molar-refractivity contribution in [1.82, 2.24) is 0 Å². The minimum atomic E-state index is -0.976. The van der Waals surface area contributed by atoms with Gasteiger partial charge in [-0.3, -0.25) is 0 Å². The average Bonchev–Trinajstić information content (AvgIpc) is 2.96. The van der Waals surface area contributed by atoms with Gasteiger partial charge in [-0.25, -0.2) is 0 Å². The van der Waals surface area contributed by atoms with E-state index in [1.165, 1.54) is 25.6 Å². The Balaban J connectivity index is 1.80. The lowest BCUT2D eigenvalue weighted by atomic mass is 9.82. The highest BCUT2D eigenvalue weighted by molar-refractivity contribution is 7.26. The van der Waals surface area contributed by atoms with E-state index in [0.29, 0.717) is 5.02 Å². The summed E-state index contributed by atoms with van der Waals surface area (Å²) in [7, 11) is 1.65. The summed E-state index contributed by atoms with van der Waals surface area (Å²) >= 11 is 8.34. The summed E-state index contributed by atoms with van der Waals surface area (Å²) in [6.45, 7) is 7.20. The predicted octanol–water partition coefficient (Wildman–Crippen LogP) is 5.67. The second-order valence-electron chi connectivity index (χ2n) is 7.94. The summed E-state index contributed by atoms with van der Waals surface area (Å²) in [4.78, 5) is 0. The third-order valence-electron chi connectivity index (χ3n) is 5.43. The van der Waals surface area contributed by atoms with E-state index in [2.05, 4.69) is 42.5 Å². The molecule has 0 amide bonds. The Morgan fingerprint density at radius 2 is 1.70 bits per heavy atom. The number of aliphatic hydroxyl groups is 1. The lowest BCUT2D eigenvalue weighted by molar-refractivity contribution is -0.0893.